The van der Waals surface area contributed by atoms with Gasteiger partial charge in [-0.15, -0.1) is 0 Å². The smallest absolute Gasteiger partial charge is 0.387 e. The fourth-order valence-electron chi connectivity index (χ4n) is 2.85. The monoisotopic (exact) mass is 429 g/mol. The average molecular weight is 429 g/mol. The molecule has 0 spiro atoms. The highest BCUT2D eigenvalue weighted by atomic mass is 32.2. The van der Waals surface area contributed by atoms with E-state index >= 15 is 0 Å². The molecule has 2 aromatic heterocycles. The zero-order valence-electron chi connectivity index (χ0n) is 15.9. The number of hydrogen-bond acceptors (Lipinski definition) is 9. The van der Waals surface area contributed by atoms with E-state index < -0.39 is 16.4 Å². The molecule has 3 heterocycles. The molecule has 0 aromatic carbocycles. The molecule has 0 unspecified atom stereocenters. The summed E-state index contributed by atoms with van der Waals surface area (Å²) in [7, 11) is -3.73. The first-order chi connectivity index (χ1) is 13.7. The van der Waals surface area contributed by atoms with Crippen molar-refractivity contribution in [3.05, 3.63) is 18.3 Å². The molecule has 0 aliphatic carbocycles. The standard InChI is InChI=1S/C17H21F2N5O4S/c1-3-11-9-24(4-5-27-11)14-7-12(22-17(23-14)29(2,25)26)10-6-13(28-16(18)19)15(20)21-8-10/h6-8,11,16H,3-5,9H2,1-2H3,(H2,20,21)/t11-/m0/s1. The Labute approximate surface area is 166 Å². The van der Waals surface area contributed by atoms with Crippen LogP contribution in [0.25, 0.3) is 11.3 Å². The van der Waals surface area contributed by atoms with E-state index in [4.69, 9.17) is 10.5 Å². The van der Waals surface area contributed by atoms with Crippen LogP contribution in [0.3, 0.4) is 0 Å². The molecule has 1 aliphatic heterocycles. The minimum atomic E-state index is -3.73. The summed E-state index contributed by atoms with van der Waals surface area (Å²) in [6.07, 6.45) is 3.09. The summed E-state index contributed by atoms with van der Waals surface area (Å²) in [6.45, 7) is 0.445. The number of nitrogens with zero attached hydrogens (tertiary/aromatic N) is 4. The maximum atomic E-state index is 12.6. The first kappa shape index (κ1) is 21.1. The van der Waals surface area contributed by atoms with Gasteiger partial charge in [0.1, 0.15) is 5.82 Å². The minimum Gasteiger partial charge on any atom is -0.431 e. The van der Waals surface area contributed by atoms with E-state index in [1.165, 1.54) is 12.3 Å². The normalized spacial score (nSPS) is 17.6. The van der Waals surface area contributed by atoms with Gasteiger partial charge in [-0.25, -0.2) is 23.4 Å². The number of alkyl halides is 2. The van der Waals surface area contributed by atoms with Gasteiger partial charge in [0.15, 0.2) is 11.6 Å². The quantitative estimate of drug-likeness (QED) is 0.685. The number of morpholine rings is 1. The van der Waals surface area contributed by atoms with Gasteiger partial charge in [-0.2, -0.15) is 8.78 Å². The molecule has 2 N–H and O–H groups in total. The zero-order valence-corrected chi connectivity index (χ0v) is 16.7. The summed E-state index contributed by atoms with van der Waals surface area (Å²) in [6, 6.07) is 2.81. The average Bonchev–Trinajstić information content (AvgIpc) is 2.68. The minimum absolute atomic E-state index is 0.00640. The summed E-state index contributed by atoms with van der Waals surface area (Å²) >= 11 is 0. The summed E-state index contributed by atoms with van der Waals surface area (Å²) in [5.41, 5.74) is 6.04. The zero-order chi connectivity index (χ0) is 21.2. The molecule has 0 saturated carbocycles. The Morgan fingerprint density at radius 3 is 2.79 bits per heavy atom. The number of aromatic nitrogens is 3. The lowest BCUT2D eigenvalue weighted by Gasteiger charge is -2.33. The Morgan fingerprint density at radius 2 is 2.14 bits per heavy atom. The van der Waals surface area contributed by atoms with Crippen LogP contribution in [0.4, 0.5) is 20.4 Å². The second-order valence-corrected chi connectivity index (χ2v) is 8.41. The van der Waals surface area contributed by atoms with Gasteiger partial charge in [-0.1, -0.05) is 6.92 Å². The van der Waals surface area contributed by atoms with Crippen molar-refractivity contribution in [3.8, 4) is 17.0 Å². The van der Waals surface area contributed by atoms with E-state index in [0.717, 1.165) is 12.7 Å². The Morgan fingerprint density at radius 1 is 1.38 bits per heavy atom. The van der Waals surface area contributed by atoms with Crippen molar-refractivity contribution in [2.75, 3.05) is 36.6 Å². The van der Waals surface area contributed by atoms with Crippen molar-refractivity contribution >= 4 is 21.5 Å². The van der Waals surface area contributed by atoms with Crippen molar-refractivity contribution < 1.29 is 26.7 Å². The largest absolute Gasteiger partial charge is 0.431 e. The van der Waals surface area contributed by atoms with Crippen molar-refractivity contribution in [3.63, 3.8) is 0 Å². The van der Waals surface area contributed by atoms with Crippen LogP contribution in [0.15, 0.2) is 23.5 Å². The lowest BCUT2D eigenvalue weighted by atomic mass is 10.1. The van der Waals surface area contributed by atoms with E-state index in [1.807, 2.05) is 11.8 Å². The summed E-state index contributed by atoms with van der Waals surface area (Å²) in [5.74, 6) is -0.146. The van der Waals surface area contributed by atoms with Gasteiger partial charge >= 0.3 is 6.61 Å². The highest BCUT2D eigenvalue weighted by molar-refractivity contribution is 7.90. The van der Waals surface area contributed by atoms with Gasteiger partial charge in [-0.05, 0) is 12.5 Å². The molecule has 29 heavy (non-hydrogen) atoms. The van der Waals surface area contributed by atoms with E-state index in [-0.39, 0.29) is 34.1 Å². The molecule has 12 heteroatoms. The van der Waals surface area contributed by atoms with Gasteiger partial charge < -0.3 is 20.1 Å². The van der Waals surface area contributed by atoms with Crippen LogP contribution in [0.2, 0.25) is 0 Å². The molecule has 0 radical (unpaired) electrons. The van der Waals surface area contributed by atoms with Crippen LogP contribution in [0.1, 0.15) is 13.3 Å². The number of pyridine rings is 1. The predicted molar refractivity (Wildman–Crippen MR) is 102 cm³/mol. The van der Waals surface area contributed by atoms with Crippen LogP contribution in [0.5, 0.6) is 5.75 Å². The van der Waals surface area contributed by atoms with E-state index in [0.29, 0.717) is 25.5 Å². The van der Waals surface area contributed by atoms with Crippen molar-refractivity contribution in [1.82, 2.24) is 15.0 Å². The number of rotatable bonds is 6. The van der Waals surface area contributed by atoms with Crippen molar-refractivity contribution in [2.24, 2.45) is 0 Å². The van der Waals surface area contributed by atoms with Crippen LogP contribution in [-0.2, 0) is 14.6 Å². The second kappa shape index (κ2) is 8.41. The van der Waals surface area contributed by atoms with E-state index in [1.54, 1.807) is 6.07 Å². The third-order valence-electron chi connectivity index (χ3n) is 4.34. The van der Waals surface area contributed by atoms with Gasteiger partial charge in [0.2, 0.25) is 15.0 Å². The second-order valence-electron chi connectivity index (χ2n) is 6.50. The fraction of sp³-hybridized carbons (Fsp3) is 0.471. The topological polar surface area (TPSA) is 121 Å². The van der Waals surface area contributed by atoms with Gasteiger partial charge in [-0.3, -0.25) is 0 Å². The Bertz CT molecular complexity index is 990. The highest BCUT2D eigenvalue weighted by Crippen LogP contribution is 2.30. The molecule has 0 bridgehead atoms. The highest BCUT2D eigenvalue weighted by Gasteiger charge is 2.24. The molecule has 158 valence electrons. The van der Waals surface area contributed by atoms with Gasteiger partial charge in [0.25, 0.3) is 0 Å². The van der Waals surface area contributed by atoms with Gasteiger partial charge in [0, 0.05) is 37.2 Å². The first-order valence-electron chi connectivity index (χ1n) is 8.83. The van der Waals surface area contributed by atoms with Crippen LogP contribution < -0.4 is 15.4 Å². The Hall–Kier alpha value is -2.60. The molecule has 0 amide bonds. The molecular weight excluding hydrogens is 408 g/mol. The third-order valence-corrected chi connectivity index (χ3v) is 5.18. The number of ether oxygens (including phenoxy) is 2. The SMILES string of the molecule is CC[C@H]1CN(c2cc(-c3cnc(N)c(OC(F)F)c3)nc(S(C)(=O)=O)n2)CCO1. The molecule has 9 nitrogen and oxygen atoms in total. The molecular formula is C17H21F2N5O4S. The summed E-state index contributed by atoms with van der Waals surface area (Å²) in [5, 5.41) is -0.377. The van der Waals surface area contributed by atoms with E-state index in [9.17, 15) is 17.2 Å². The number of anilines is 2. The fourth-order valence-corrected chi connectivity index (χ4v) is 3.37. The molecule has 1 aliphatic rings. The van der Waals surface area contributed by atoms with Crippen LogP contribution >= 0.6 is 0 Å². The molecule has 1 fully saturated rings. The predicted octanol–water partition coefficient (Wildman–Crippen LogP) is 1.74. The number of hydrogen-bond donors (Lipinski definition) is 1. The lowest BCUT2D eigenvalue weighted by Crippen LogP contribution is -2.42. The molecule has 1 saturated heterocycles. The maximum Gasteiger partial charge on any atom is 0.387 e. The number of nitrogens with two attached hydrogens (primary N) is 1. The molecule has 1 atom stereocenters. The maximum absolute atomic E-state index is 12.6. The van der Waals surface area contributed by atoms with Gasteiger partial charge in [0.05, 0.1) is 18.4 Å². The van der Waals surface area contributed by atoms with Crippen molar-refractivity contribution in [2.45, 2.75) is 31.2 Å². The Kier molecular flexibility index (Phi) is 6.13. The third kappa shape index (κ3) is 5.07. The van der Waals surface area contributed by atoms with Crippen LogP contribution in [0, 0.1) is 0 Å². The first-order valence-corrected chi connectivity index (χ1v) is 10.7. The van der Waals surface area contributed by atoms with Crippen molar-refractivity contribution in [1.29, 1.82) is 0 Å². The number of nitrogen functional groups attached to an aromatic ring is 1. The molecule has 2 aromatic rings. The lowest BCUT2D eigenvalue weighted by molar-refractivity contribution is -0.0494. The number of sulfone groups is 1. The summed E-state index contributed by atoms with van der Waals surface area (Å²) < 4.78 is 59.4. The summed E-state index contributed by atoms with van der Waals surface area (Å²) in [4.78, 5) is 14.0. The molecule has 3 rings (SSSR count). The van der Waals surface area contributed by atoms with E-state index in [2.05, 4.69) is 19.7 Å². The Balaban J connectivity index is 2.07. The van der Waals surface area contributed by atoms with Crippen LogP contribution in [-0.4, -0.2) is 62.0 Å². The number of halogens is 2.